The zero-order valence-electron chi connectivity index (χ0n) is 38.1. The Balaban J connectivity index is 6.54. The van der Waals surface area contributed by atoms with Crippen LogP contribution in [0, 0.1) is 23.7 Å². The molecular formula is C40H74N12O11. The summed E-state index contributed by atoms with van der Waals surface area (Å²) in [5.74, 6) is -8.86. The summed E-state index contributed by atoms with van der Waals surface area (Å²) in [5, 5.41) is 36.7. The van der Waals surface area contributed by atoms with Crippen molar-refractivity contribution in [3.8, 4) is 0 Å². The molecule has 63 heavy (non-hydrogen) atoms. The Morgan fingerprint density at radius 2 is 0.889 bits per heavy atom. The van der Waals surface area contributed by atoms with Gasteiger partial charge in [-0.05, 0) is 69.1 Å². The number of nitrogens with one attached hydrogen (secondary N) is 7. The molecule has 0 saturated heterocycles. The molecule has 0 radical (unpaired) electrons. The number of nitrogens with two attached hydrogens (primary N) is 4. The summed E-state index contributed by atoms with van der Waals surface area (Å²) in [6.07, 6.45) is -1.49. The molecule has 23 heteroatoms. The number of hydrogen-bond donors (Lipinski definition) is 13. The monoisotopic (exact) mass is 899 g/mol. The molecule has 0 aromatic carbocycles. The number of aliphatic carboxylic acids is 1. The van der Waals surface area contributed by atoms with Crippen LogP contribution in [0.15, 0.2) is 4.99 Å². The number of amides is 8. The molecule has 0 spiro atoms. The summed E-state index contributed by atoms with van der Waals surface area (Å²) >= 11 is 0. The summed E-state index contributed by atoms with van der Waals surface area (Å²) in [5.41, 5.74) is 21.9. The Morgan fingerprint density at radius 3 is 1.29 bits per heavy atom. The number of carbonyl (C=O) groups excluding carboxylic acids is 8. The molecule has 23 nitrogen and oxygen atoms in total. The van der Waals surface area contributed by atoms with Crippen LogP contribution in [0.1, 0.15) is 107 Å². The molecule has 0 aliphatic carbocycles. The second-order valence-corrected chi connectivity index (χ2v) is 17.4. The third-order valence-electron chi connectivity index (χ3n) is 9.22. The van der Waals surface area contributed by atoms with E-state index in [1.807, 2.05) is 13.8 Å². The average Bonchev–Trinajstić information content (AvgIpc) is 3.14. The van der Waals surface area contributed by atoms with E-state index in [0.29, 0.717) is 0 Å². The molecule has 8 amide bonds. The van der Waals surface area contributed by atoms with Gasteiger partial charge in [-0.15, -0.1) is 0 Å². The number of hydrogen-bond acceptors (Lipinski definition) is 12. The number of aliphatic hydroxyl groups excluding tert-OH is 1. The van der Waals surface area contributed by atoms with Gasteiger partial charge >= 0.3 is 5.97 Å². The van der Waals surface area contributed by atoms with E-state index in [4.69, 9.17) is 22.9 Å². The van der Waals surface area contributed by atoms with Crippen LogP contribution in [0.2, 0.25) is 0 Å². The van der Waals surface area contributed by atoms with Crippen LogP contribution in [0.4, 0.5) is 0 Å². The van der Waals surface area contributed by atoms with Crippen LogP contribution in [0.3, 0.4) is 0 Å². The van der Waals surface area contributed by atoms with Crippen molar-refractivity contribution in [3.05, 3.63) is 0 Å². The minimum atomic E-state index is -1.66. The third kappa shape index (κ3) is 24.6. The lowest BCUT2D eigenvalue weighted by molar-refractivity contribution is -0.143. The predicted octanol–water partition coefficient (Wildman–Crippen LogP) is -3.08. The van der Waals surface area contributed by atoms with Crippen molar-refractivity contribution < 1.29 is 53.4 Å². The van der Waals surface area contributed by atoms with Gasteiger partial charge in [-0.25, -0.2) is 4.79 Å². The Bertz CT molecular complexity index is 1580. The molecule has 8 atom stereocenters. The number of aliphatic imine (C=N–C) groups is 1. The van der Waals surface area contributed by atoms with Crippen molar-refractivity contribution >= 4 is 59.2 Å². The number of nitrogens with zero attached hydrogens (tertiary/aromatic N) is 1. The Labute approximate surface area is 369 Å². The standard InChI is InChI=1S/C40H74N12O11/c1-19(2)13-25(47-31(55)18-46-38(61)32(42)23(9)53)34(57)51-28(17-30(41)54)37(60)48-24(11-10-12-45-40(43)44)33(56)49-26(14-20(3)4)35(58)50-27(15-21(5)6)36(59)52-29(39(62)63)16-22(7)8/h19-29,32,53H,10-18,42H2,1-9H3,(H2,41,54)(H,46,61)(H,47,55)(H,48,60)(H,49,56)(H,50,58)(H,51,57)(H,52,59)(H,62,63)(H4,43,44,45)/t23-,24+,25+,26+,27+,28+,29+,32+/m1/s1. The number of guanidine groups is 1. The molecule has 0 aromatic rings. The minimum Gasteiger partial charge on any atom is -0.480 e. The number of carbonyl (C=O) groups is 9. The molecule has 0 saturated carbocycles. The first-order valence-corrected chi connectivity index (χ1v) is 21.2. The summed E-state index contributed by atoms with van der Waals surface area (Å²) in [6.45, 7) is 15.0. The first-order valence-electron chi connectivity index (χ1n) is 21.2. The molecule has 0 rings (SSSR count). The maximum atomic E-state index is 14.0. The quantitative estimate of drug-likeness (QED) is 0.0193. The van der Waals surface area contributed by atoms with E-state index in [2.05, 4.69) is 42.2 Å². The lowest BCUT2D eigenvalue weighted by atomic mass is 9.98. The smallest absolute Gasteiger partial charge is 0.326 e. The normalized spacial score (nSPS) is 15.1. The van der Waals surface area contributed by atoms with E-state index >= 15 is 0 Å². The molecule has 0 aliphatic rings. The first kappa shape index (κ1) is 57.4. The summed E-state index contributed by atoms with van der Waals surface area (Å²) in [7, 11) is 0. The number of primary amides is 1. The van der Waals surface area contributed by atoms with Gasteiger partial charge in [0.05, 0.1) is 19.1 Å². The highest BCUT2D eigenvalue weighted by Gasteiger charge is 2.34. The van der Waals surface area contributed by atoms with Gasteiger partial charge in [0, 0.05) is 6.54 Å². The third-order valence-corrected chi connectivity index (χ3v) is 9.22. The van der Waals surface area contributed by atoms with Crippen LogP contribution in [0.25, 0.3) is 0 Å². The molecule has 0 aliphatic heterocycles. The highest BCUT2D eigenvalue weighted by molar-refractivity contribution is 5.98. The van der Waals surface area contributed by atoms with Crippen molar-refractivity contribution in [1.82, 2.24) is 37.2 Å². The van der Waals surface area contributed by atoms with Gasteiger partial charge < -0.3 is 70.4 Å². The van der Waals surface area contributed by atoms with Gasteiger partial charge in [0.15, 0.2) is 5.96 Å². The molecule has 0 fully saturated rings. The van der Waals surface area contributed by atoms with E-state index in [-0.39, 0.29) is 74.7 Å². The highest BCUT2D eigenvalue weighted by Crippen LogP contribution is 2.13. The van der Waals surface area contributed by atoms with Gasteiger partial charge in [0.25, 0.3) is 0 Å². The summed E-state index contributed by atoms with van der Waals surface area (Å²) in [4.78, 5) is 122. The lowest BCUT2D eigenvalue weighted by Gasteiger charge is -2.28. The number of aliphatic hydroxyl groups is 1. The zero-order chi connectivity index (χ0) is 48.7. The molecular weight excluding hydrogens is 825 g/mol. The van der Waals surface area contributed by atoms with Crippen LogP contribution < -0.4 is 60.2 Å². The fourth-order valence-corrected chi connectivity index (χ4v) is 6.10. The first-order chi connectivity index (χ1) is 29.1. The number of rotatable bonds is 30. The molecule has 0 heterocycles. The van der Waals surface area contributed by atoms with Gasteiger partial charge in [-0.2, -0.15) is 0 Å². The zero-order valence-corrected chi connectivity index (χ0v) is 38.1. The van der Waals surface area contributed by atoms with E-state index in [0.717, 1.165) is 0 Å². The predicted molar refractivity (Wildman–Crippen MR) is 233 cm³/mol. The Hall–Kier alpha value is -5.58. The van der Waals surface area contributed by atoms with Gasteiger partial charge in [-0.1, -0.05) is 55.4 Å². The minimum absolute atomic E-state index is 0.0292. The largest absolute Gasteiger partial charge is 0.480 e. The van der Waals surface area contributed by atoms with Crippen LogP contribution >= 0.6 is 0 Å². The van der Waals surface area contributed by atoms with E-state index < -0.39 is 115 Å². The topological polar surface area (TPSA) is 395 Å². The summed E-state index contributed by atoms with van der Waals surface area (Å²) in [6, 6.07) is -9.28. The highest BCUT2D eigenvalue weighted by atomic mass is 16.4. The Kier molecular flexibility index (Phi) is 26.4. The molecule has 360 valence electrons. The SMILES string of the molecule is CC(C)C[C@H](NC(=O)[C@H](CC(C)C)NC(=O)[C@H](CC(C)C)NC(=O)[C@H](CCCN=C(N)N)NC(=O)[C@H](CC(N)=O)NC(=O)[C@H](CC(C)C)NC(=O)CNC(=O)[C@@H](N)[C@@H](C)O)C(=O)O. The Morgan fingerprint density at radius 1 is 0.524 bits per heavy atom. The maximum absolute atomic E-state index is 14.0. The second-order valence-electron chi connectivity index (χ2n) is 17.4. The van der Waals surface area contributed by atoms with Crippen molar-refractivity contribution in [2.75, 3.05) is 13.1 Å². The fraction of sp³-hybridized carbons (Fsp3) is 0.750. The van der Waals surface area contributed by atoms with Crippen molar-refractivity contribution in [2.45, 2.75) is 156 Å². The molecule has 0 bridgehead atoms. The van der Waals surface area contributed by atoms with Crippen LogP contribution in [-0.2, 0) is 43.2 Å². The van der Waals surface area contributed by atoms with E-state index in [1.165, 1.54) is 6.92 Å². The van der Waals surface area contributed by atoms with Crippen LogP contribution in [-0.4, -0.2) is 131 Å². The fourth-order valence-electron chi connectivity index (χ4n) is 6.10. The molecule has 0 unspecified atom stereocenters. The van der Waals surface area contributed by atoms with Crippen molar-refractivity contribution in [2.24, 2.45) is 51.6 Å². The number of carboxylic acids is 1. The lowest BCUT2D eigenvalue weighted by Crippen LogP contribution is -2.60. The number of carboxylic acid groups (broad SMARTS) is 1. The average molecular weight is 899 g/mol. The van der Waals surface area contributed by atoms with E-state index in [1.54, 1.807) is 41.5 Å². The van der Waals surface area contributed by atoms with Gasteiger partial charge in [-0.3, -0.25) is 43.3 Å². The van der Waals surface area contributed by atoms with E-state index in [9.17, 15) is 53.4 Å². The van der Waals surface area contributed by atoms with Crippen LogP contribution in [0.5, 0.6) is 0 Å². The van der Waals surface area contributed by atoms with Gasteiger partial charge in [0.1, 0.15) is 42.3 Å². The maximum Gasteiger partial charge on any atom is 0.326 e. The van der Waals surface area contributed by atoms with Crippen molar-refractivity contribution in [1.29, 1.82) is 0 Å². The second kappa shape index (κ2) is 28.9. The van der Waals surface area contributed by atoms with Gasteiger partial charge in [0.2, 0.25) is 47.3 Å². The molecule has 17 N–H and O–H groups in total. The molecule has 0 aromatic heterocycles. The van der Waals surface area contributed by atoms with Crippen molar-refractivity contribution in [3.63, 3.8) is 0 Å². The summed E-state index contributed by atoms with van der Waals surface area (Å²) < 4.78 is 0.